The molecule has 0 aromatic heterocycles. The van der Waals surface area contributed by atoms with Crippen LogP contribution < -0.4 is 10.6 Å². The van der Waals surface area contributed by atoms with Crippen molar-refractivity contribution in [3.8, 4) is 0 Å². The summed E-state index contributed by atoms with van der Waals surface area (Å²) in [5, 5.41) is 6.47. The monoisotopic (exact) mass is 255 g/mol. The van der Waals surface area contributed by atoms with Crippen LogP contribution in [0.1, 0.15) is 26.2 Å². The Morgan fingerprint density at radius 2 is 2.33 bits per heavy atom. The van der Waals surface area contributed by atoms with Crippen molar-refractivity contribution in [3.05, 3.63) is 0 Å². The molecule has 0 aromatic carbocycles. The van der Waals surface area contributed by atoms with Gasteiger partial charge < -0.3 is 15.4 Å². The summed E-state index contributed by atoms with van der Waals surface area (Å²) in [5.41, 5.74) is 0. The summed E-state index contributed by atoms with van der Waals surface area (Å²) in [7, 11) is 2.01. The molecule has 1 aliphatic carbocycles. The van der Waals surface area contributed by atoms with Crippen molar-refractivity contribution in [2.75, 3.05) is 33.4 Å². The number of morpholine rings is 1. The fourth-order valence-corrected chi connectivity index (χ4v) is 2.25. The zero-order chi connectivity index (χ0) is 13.0. The van der Waals surface area contributed by atoms with Crippen LogP contribution >= 0.6 is 0 Å². The molecule has 1 aliphatic heterocycles. The molecule has 1 saturated carbocycles. The van der Waals surface area contributed by atoms with Gasteiger partial charge in [0.05, 0.1) is 19.8 Å². The molecule has 104 valence electrons. The maximum atomic E-state index is 11.7. The summed E-state index contributed by atoms with van der Waals surface area (Å²) in [6.07, 6.45) is 3.32. The molecule has 2 fully saturated rings. The van der Waals surface area contributed by atoms with Crippen LogP contribution in [0.5, 0.6) is 0 Å². The van der Waals surface area contributed by atoms with Gasteiger partial charge in [0, 0.05) is 24.7 Å². The molecule has 5 nitrogen and oxygen atoms in total. The van der Waals surface area contributed by atoms with Gasteiger partial charge in [0.2, 0.25) is 5.91 Å². The Labute approximate surface area is 109 Å². The quantitative estimate of drug-likeness (QED) is 0.699. The summed E-state index contributed by atoms with van der Waals surface area (Å²) >= 11 is 0. The molecule has 1 amide bonds. The third-order valence-corrected chi connectivity index (χ3v) is 3.71. The van der Waals surface area contributed by atoms with Crippen molar-refractivity contribution in [2.24, 2.45) is 0 Å². The van der Waals surface area contributed by atoms with Crippen molar-refractivity contribution in [2.45, 2.75) is 44.3 Å². The SMILES string of the molecule is CC(CC1COCCN1)N(C)CC(=O)NC1CC1. The molecule has 0 radical (unpaired) electrons. The van der Waals surface area contributed by atoms with Gasteiger partial charge >= 0.3 is 0 Å². The van der Waals surface area contributed by atoms with Crippen molar-refractivity contribution in [1.29, 1.82) is 0 Å². The molecule has 18 heavy (non-hydrogen) atoms. The van der Waals surface area contributed by atoms with Crippen LogP contribution in [-0.4, -0.2) is 62.3 Å². The molecule has 0 aromatic rings. The van der Waals surface area contributed by atoms with Gasteiger partial charge in [-0.1, -0.05) is 0 Å². The maximum absolute atomic E-state index is 11.7. The summed E-state index contributed by atoms with van der Waals surface area (Å²) in [4.78, 5) is 13.8. The molecule has 2 unspecified atom stereocenters. The van der Waals surface area contributed by atoms with Crippen LogP contribution in [-0.2, 0) is 9.53 Å². The molecule has 2 rings (SSSR count). The average molecular weight is 255 g/mol. The van der Waals surface area contributed by atoms with Crippen molar-refractivity contribution < 1.29 is 9.53 Å². The van der Waals surface area contributed by atoms with Gasteiger partial charge in [0.25, 0.3) is 0 Å². The molecule has 5 heteroatoms. The third-order valence-electron chi connectivity index (χ3n) is 3.71. The number of likely N-dealkylation sites (N-methyl/N-ethyl adjacent to an activating group) is 1. The van der Waals surface area contributed by atoms with Crippen molar-refractivity contribution >= 4 is 5.91 Å². The van der Waals surface area contributed by atoms with Gasteiger partial charge in [0.15, 0.2) is 0 Å². The normalized spacial score (nSPS) is 26.1. The number of carbonyl (C=O) groups excluding carboxylic acids is 1. The highest BCUT2D eigenvalue weighted by Crippen LogP contribution is 2.18. The van der Waals surface area contributed by atoms with E-state index < -0.39 is 0 Å². The first-order chi connectivity index (χ1) is 8.65. The number of rotatable bonds is 6. The number of hydrogen-bond donors (Lipinski definition) is 2. The predicted octanol–water partition coefficient (Wildman–Crippen LogP) is -0.0362. The lowest BCUT2D eigenvalue weighted by Crippen LogP contribution is -2.47. The van der Waals surface area contributed by atoms with Gasteiger partial charge in [-0.3, -0.25) is 9.69 Å². The molecule has 0 spiro atoms. The van der Waals surface area contributed by atoms with Crippen LogP contribution in [0.2, 0.25) is 0 Å². The average Bonchev–Trinajstić information content (AvgIpc) is 3.14. The smallest absolute Gasteiger partial charge is 0.234 e. The van der Waals surface area contributed by atoms with Crippen molar-refractivity contribution in [3.63, 3.8) is 0 Å². The van der Waals surface area contributed by atoms with Crippen LogP contribution in [0.15, 0.2) is 0 Å². The first-order valence-corrected chi connectivity index (χ1v) is 6.96. The van der Waals surface area contributed by atoms with Gasteiger partial charge in [0.1, 0.15) is 0 Å². The maximum Gasteiger partial charge on any atom is 0.234 e. The minimum absolute atomic E-state index is 0.153. The molecular formula is C13H25N3O2. The van der Waals surface area contributed by atoms with Gasteiger partial charge in [-0.25, -0.2) is 0 Å². The highest BCUT2D eigenvalue weighted by atomic mass is 16.5. The Bertz CT molecular complexity index is 275. The minimum Gasteiger partial charge on any atom is -0.379 e. The molecule has 2 N–H and O–H groups in total. The van der Waals surface area contributed by atoms with Gasteiger partial charge in [-0.2, -0.15) is 0 Å². The summed E-state index contributed by atoms with van der Waals surface area (Å²) in [6.45, 7) is 5.19. The predicted molar refractivity (Wildman–Crippen MR) is 70.5 cm³/mol. The van der Waals surface area contributed by atoms with E-state index in [1.807, 2.05) is 7.05 Å². The van der Waals surface area contributed by atoms with E-state index in [2.05, 4.69) is 22.5 Å². The lowest BCUT2D eigenvalue weighted by atomic mass is 10.1. The van der Waals surface area contributed by atoms with Crippen molar-refractivity contribution in [1.82, 2.24) is 15.5 Å². The highest BCUT2D eigenvalue weighted by molar-refractivity contribution is 5.78. The second-order valence-corrected chi connectivity index (χ2v) is 5.57. The van der Waals surface area contributed by atoms with E-state index in [9.17, 15) is 4.79 Å². The lowest BCUT2D eigenvalue weighted by Gasteiger charge is -2.30. The zero-order valence-corrected chi connectivity index (χ0v) is 11.4. The van der Waals surface area contributed by atoms with Crippen LogP contribution in [0, 0.1) is 0 Å². The number of amides is 1. The molecule has 2 atom stereocenters. The topological polar surface area (TPSA) is 53.6 Å². The highest BCUT2D eigenvalue weighted by Gasteiger charge is 2.25. The van der Waals surface area contributed by atoms with Crippen LogP contribution in [0.4, 0.5) is 0 Å². The Balaban J connectivity index is 1.66. The standard InChI is InChI=1S/C13H25N3O2/c1-10(7-12-9-18-6-5-14-12)16(2)8-13(17)15-11-3-4-11/h10-12,14H,3-9H2,1-2H3,(H,15,17). The molecular weight excluding hydrogens is 230 g/mol. The third kappa shape index (κ3) is 4.55. The first-order valence-electron chi connectivity index (χ1n) is 6.96. The Morgan fingerprint density at radius 3 is 2.94 bits per heavy atom. The van der Waals surface area contributed by atoms with E-state index >= 15 is 0 Å². The molecule has 1 heterocycles. The Kier molecular flexibility index (Phi) is 4.97. The Morgan fingerprint density at radius 1 is 1.56 bits per heavy atom. The first kappa shape index (κ1) is 13.8. The number of nitrogens with one attached hydrogen (secondary N) is 2. The van der Waals surface area contributed by atoms with E-state index in [4.69, 9.17) is 4.74 Å². The van der Waals surface area contributed by atoms with E-state index in [-0.39, 0.29) is 5.91 Å². The second-order valence-electron chi connectivity index (χ2n) is 5.57. The molecule has 0 bridgehead atoms. The van der Waals surface area contributed by atoms with Crippen LogP contribution in [0.3, 0.4) is 0 Å². The fourth-order valence-electron chi connectivity index (χ4n) is 2.25. The number of nitrogens with zero attached hydrogens (tertiary/aromatic N) is 1. The summed E-state index contributed by atoms with van der Waals surface area (Å²) in [5.74, 6) is 0.153. The van der Waals surface area contributed by atoms with Gasteiger partial charge in [-0.15, -0.1) is 0 Å². The number of carbonyl (C=O) groups is 1. The van der Waals surface area contributed by atoms with E-state index in [0.717, 1.165) is 39.0 Å². The summed E-state index contributed by atoms with van der Waals surface area (Å²) < 4.78 is 5.44. The second kappa shape index (κ2) is 6.50. The molecule has 2 aliphatic rings. The minimum atomic E-state index is 0.153. The Hall–Kier alpha value is -0.650. The summed E-state index contributed by atoms with van der Waals surface area (Å²) in [6, 6.07) is 1.26. The fraction of sp³-hybridized carbons (Fsp3) is 0.923. The lowest BCUT2D eigenvalue weighted by molar-refractivity contribution is -0.122. The molecule has 1 saturated heterocycles. The van der Waals surface area contributed by atoms with Crippen LogP contribution in [0.25, 0.3) is 0 Å². The van der Waals surface area contributed by atoms with E-state index in [1.54, 1.807) is 0 Å². The van der Waals surface area contributed by atoms with E-state index in [1.165, 1.54) is 0 Å². The van der Waals surface area contributed by atoms with E-state index in [0.29, 0.717) is 24.7 Å². The number of ether oxygens (including phenoxy) is 1. The number of hydrogen-bond acceptors (Lipinski definition) is 4. The van der Waals surface area contributed by atoms with Gasteiger partial charge in [-0.05, 0) is 33.2 Å². The largest absolute Gasteiger partial charge is 0.379 e. The zero-order valence-electron chi connectivity index (χ0n) is 11.4.